The van der Waals surface area contributed by atoms with E-state index in [-0.39, 0.29) is 6.61 Å². The Labute approximate surface area is 99.5 Å². The van der Waals surface area contributed by atoms with E-state index in [1.165, 1.54) is 4.90 Å². The number of imide groups is 1. The predicted molar refractivity (Wildman–Crippen MR) is 60.8 cm³/mol. The van der Waals surface area contributed by atoms with Crippen LogP contribution in [-0.2, 0) is 9.53 Å². The molecule has 0 bridgehead atoms. The van der Waals surface area contributed by atoms with Crippen LogP contribution >= 0.6 is 0 Å². The highest BCUT2D eigenvalue weighted by Crippen LogP contribution is 2.16. The number of rotatable bonds is 4. The number of aliphatic hydroxyl groups is 1. The number of allylic oxidation sites excluding steroid dienone is 1. The fourth-order valence-electron chi connectivity index (χ4n) is 1.40. The summed E-state index contributed by atoms with van der Waals surface area (Å²) in [5.74, 6) is 0. The van der Waals surface area contributed by atoms with Gasteiger partial charge in [0.2, 0.25) is 6.41 Å². The van der Waals surface area contributed by atoms with Gasteiger partial charge in [-0.25, -0.2) is 4.79 Å². The molecule has 1 rings (SSSR count). The summed E-state index contributed by atoms with van der Waals surface area (Å²) in [6.07, 6.45) is 4.19. The number of nitrogens with one attached hydrogen (secondary N) is 1. The number of nitrogens with zero attached hydrogens (tertiary/aromatic N) is 1. The zero-order valence-electron chi connectivity index (χ0n) is 9.79. The standard InChI is InChI=1S/C11H16N2O4/c1-8(2)5-13(11(16)12-7-15)10-4-3-9(6-14)17-10/h3-5,7,9-10,14H,6H2,1-2H3,(H,12,15,16). The molecule has 1 aliphatic rings. The maximum atomic E-state index is 11.6. The van der Waals surface area contributed by atoms with Crippen molar-refractivity contribution in [2.45, 2.75) is 26.2 Å². The second kappa shape index (κ2) is 6.17. The van der Waals surface area contributed by atoms with E-state index in [9.17, 15) is 9.59 Å². The summed E-state index contributed by atoms with van der Waals surface area (Å²) in [6, 6.07) is -0.575. The number of hydrogen-bond acceptors (Lipinski definition) is 4. The Morgan fingerprint density at radius 3 is 2.71 bits per heavy atom. The Balaban J connectivity index is 2.78. The summed E-state index contributed by atoms with van der Waals surface area (Å²) in [4.78, 5) is 23.1. The summed E-state index contributed by atoms with van der Waals surface area (Å²) in [5.41, 5.74) is 0.885. The van der Waals surface area contributed by atoms with Crippen molar-refractivity contribution in [2.24, 2.45) is 0 Å². The van der Waals surface area contributed by atoms with Crippen LogP contribution in [0.4, 0.5) is 4.79 Å². The van der Waals surface area contributed by atoms with Crippen molar-refractivity contribution in [2.75, 3.05) is 6.61 Å². The molecule has 6 nitrogen and oxygen atoms in total. The highest BCUT2D eigenvalue weighted by Gasteiger charge is 2.26. The minimum absolute atomic E-state index is 0.148. The van der Waals surface area contributed by atoms with Gasteiger partial charge in [-0.15, -0.1) is 0 Å². The van der Waals surface area contributed by atoms with Gasteiger partial charge in [-0.2, -0.15) is 0 Å². The molecule has 3 amide bonds. The summed E-state index contributed by atoms with van der Waals surface area (Å²) >= 11 is 0. The number of carbonyl (C=O) groups excluding carboxylic acids is 2. The fraction of sp³-hybridized carbons (Fsp3) is 0.455. The molecule has 0 radical (unpaired) electrons. The molecule has 0 saturated heterocycles. The van der Waals surface area contributed by atoms with Gasteiger partial charge in [0.15, 0.2) is 6.23 Å². The van der Waals surface area contributed by atoms with Crippen molar-refractivity contribution in [3.8, 4) is 0 Å². The zero-order chi connectivity index (χ0) is 12.8. The van der Waals surface area contributed by atoms with Crippen LogP contribution in [0.25, 0.3) is 0 Å². The van der Waals surface area contributed by atoms with E-state index >= 15 is 0 Å². The van der Waals surface area contributed by atoms with Crippen LogP contribution in [0.3, 0.4) is 0 Å². The topological polar surface area (TPSA) is 78.9 Å². The van der Waals surface area contributed by atoms with Crippen LogP contribution in [0.2, 0.25) is 0 Å². The number of ether oxygens (including phenoxy) is 1. The number of amides is 3. The second-order valence-electron chi connectivity index (χ2n) is 3.81. The lowest BCUT2D eigenvalue weighted by atomic mass is 10.3. The number of urea groups is 1. The molecule has 17 heavy (non-hydrogen) atoms. The maximum Gasteiger partial charge on any atom is 0.330 e. The molecule has 94 valence electrons. The van der Waals surface area contributed by atoms with Crippen molar-refractivity contribution in [3.63, 3.8) is 0 Å². The van der Waals surface area contributed by atoms with Crippen molar-refractivity contribution in [1.29, 1.82) is 0 Å². The molecule has 1 heterocycles. The highest BCUT2D eigenvalue weighted by molar-refractivity contribution is 5.85. The van der Waals surface area contributed by atoms with E-state index in [4.69, 9.17) is 9.84 Å². The second-order valence-corrected chi connectivity index (χ2v) is 3.81. The molecule has 2 N–H and O–H groups in total. The van der Waals surface area contributed by atoms with E-state index in [0.29, 0.717) is 6.41 Å². The first kappa shape index (κ1) is 13.4. The normalized spacial score (nSPS) is 22.1. The molecule has 6 heteroatoms. The first-order valence-electron chi connectivity index (χ1n) is 5.20. The van der Waals surface area contributed by atoms with Gasteiger partial charge in [0.25, 0.3) is 0 Å². The Bertz CT molecular complexity index is 347. The molecule has 2 atom stereocenters. The zero-order valence-corrected chi connectivity index (χ0v) is 9.79. The Morgan fingerprint density at radius 1 is 1.53 bits per heavy atom. The Morgan fingerprint density at radius 2 is 2.24 bits per heavy atom. The first-order chi connectivity index (χ1) is 8.08. The lowest BCUT2D eigenvalue weighted by Crippen LogP contribution is -2.42. The predicted octanol–water partition coefficient (Wildman–Crippen LogP) is 0.351. The van der Waals surface area contributed by atoms with Gasteiger partial charge < -0.3 is 9.84 Å². The van der Waals surface area contributed by atoms with Crippen LogP contribution in [-0.4, -0.2) is 41.4 Å². The molecule has 0 fully saturated rings. The number of carbonyl (C=O) groups is 2. The number of hydrogen-bond donors (Lipinski definition) is 2. The Kier molecular flexibility index (Phi) is 4.86. The fourth-order valence-corrected chi connectivity index (χ4v) is 1.40. The maximum absolute atomic E-state index is 11.6. The third kappa shape index (κ3) is 3.69. The van der Waals surface area contributed by atoms with Gasteiger partial charge >= 0.3 is 6.03 Å². The van der Waals surface area contributed by atoms with E-state index in [2.05, 4.69) is 0 Å². The van der Waals surface area contributed by atoms with Crippen LogP contribution in [0.1, 0.15) is 13.8 Å². The minimum atomic E-state index is -0.609. The highest BCUT2D eigenvalue weighted by atomic mass is 16.5. The quantitative estimate of drug-likeness (QED) is 0.549. The lowest BCUT2D eigenvalue weighted by Gasteiger charge is -2.24. The minimum Gasteiger partial charge on any atom is -0.393 e. The van der Waals surface area contributed by atoms with E-state index < -0.39 is 18.4 Å². The van der Waals surface area contributed by atoms with Gasteiger partial charge in [0.1, 0.15) is 6.10 Å². The van der Waals surface area contributed by atoms with Gasteiger partial charge in [0, 0.05) is 6.20 Å². The smallest absolute Gasteiger partial charge is 0.330 e. The van der Waals surface area contributed by atoms with Crippen molar-refractivity contribution >= 4 is 12.4 Å². The molecule has 0 aromatic rings. The molecular weight excluding hydrogens is 224 g/mol. The Hall–Kier alpha value is -1.66. The third-order valence-corrected chi connectivity index (χ3v) is 2.07. The van der Waals surface area contributed by atoms with Crippen molar-refractivity contribution in [3.05, 3.63) is 23.9 Å². The van der Waals surface area contributed by atoms with E-state index in [0.717, 1.165) is 5.57 Å². The molecule has 0 saturated carbocycles. The van der Waals surface area contributed by atoms with Gasteiger partial charge in [0.05, 0.1) is 6.61 Å². The van der Waals surface area contributed by atoms with Gasteiger partial charge in [-0.3, -0.25) is 15.0 Å². The molecule has 2 unspecified atom stereocenters. The summed E-state index contributed by atoms with van der Waals surface area (Å²) in [5, 5.41) is 11.0. The molecule has 0 aliphatic carbocycles. The summed E-state index contributed by atoms with van der Waals surface area (Å²) < 4.78 is 5.38. The van der Waals surface area contributed by atoms with E-state index in [1.54, 1.807) is 18.4 Å². The third-order valence-electron chi connectivity index (χ3n) is 2.07. The average Bonchev–Trinajstić information content (AvgIpc) is 2.74. The van der Waals surface area contributed by atoms with Gasteiger partial charge in [-0.05, 0) is 19.9 Å². The summed E-state index contributed by atoms with van der Waals surface area (Å²) in [7, 11) is 0. The van der Waals surface area contributed by atoms with Crippen LogP contribution in [0.5, 0.6) is 0 Å². The van der Waals surface area contributed by atoms with Gasteiger partial charge in [-0.1, -0.05) is 11.6 Å². The SMILES string of the molecule is CC(C)=CN(C(=O)NC=O)C1C=CC(CO)O1. The van der Waals surface area contributed by atoms with Crippen LogP contribution < -0.4 is 5.32 Å². The van der Waals surface area contributed by atoms with Crippen LogP contribution in [0, 0.1) is 0 Å². The molecular formula is C11H16N2O4. The average molecular weight is 240 g/mol. The first-order valence-corrected chi connectivity index (χ1v) is 5.20. The monoisotopic (exact) mass is 240 g/mol. The lowest BCUT2D eigenvalue weighted by molar-refractivity contribution is -0.108. The van der Waals surface area contributed by atoms with Crippen molar-refractivity contribution < 1.29 is 19.4 Å². The van der Waals surface area contributed by atoms with Crippen molar-refractivity contribution in [1.82, 2.24) is 10.2 Å². The molecule has 1 aliphatic heterocycles. The largest absolute Gasteiger partial charge is 0.393 e. The molecule has 0 aromatic heterocycles. The molecule has 0 aromatic carbocycles. The van der Waals surface area contributed by atoms with E-state index in [1.807, 2.05) is 19.2 Å². The molecule has 0 spiro atoms. The summed E-state index contributed by atoms with van der Waals surface area (Å²) in [6.45, 7) is 3.50. The van der Waals surface area contributed by atoms with Crippen LogP contribution in [0.15, 0.2) is 23.9 Å². The number of aliphatic hydroxyl groups excluding tert-OH is 1.